The molecule has 2 atom stereocenters. The topological polar surface area (TPSA) is 69.5 Å². The van der Waals surface area contributed by atoms with E-state index in [0.29, 0.717) is 30.8 Å². The number of piperazine rings is 1. The van der Waals surface area contributed by atoms with Crippen LogP contribution >= 0.6 is 0 Å². The van der Waals surface area contributed by atoms with Crippen molar-refractivity contribution in [3.05, 3.63) is 70.5 Å². The van der Waals surface area contributed by atoms with E-state index in [1.165, 1.54) is 34.5 Å². The van der Waals surface area contributed by atoms with E-state index in [4.69, 9.17) is 0 Å². The van der Waals surface area contributed by atoms with Crippen LogP contribution in [0.4, 0.5) is 16.0 Å². The van der Waals surface area contributed by atoms with Gasteiger partial charge in [0.15, 0.2) is 5.82 Å². The van der Waals surface area contributed by atoms with Gasteiger partial charge in [0.1, 0.15) is 0 Å². The molecule has 9 heteroatoms. The van der Waals surface area contributed by atoms with E-state index >= 15 is 0 Å². The van der Waals surface area contributed by atoms with Gasteiger partial charge < -0.3 is 20.0 Å². The highest BCUT2D eigenvalue weighted by Gasteiger charge is 2.26. The maximum atomic E-state index is 14.3. The SMILES string of the molecule is CN(C)[C@@H]1CCN(c2ccc([C@H]3CN(c4nc(-c5ccncc5F)cc(=O)n4C)CCN3)cc2)C1. The molecule has 2 aliphatic rings. The van der Waals surface area contributed by atoms with Gasteiger partial charge in [-0.3, -0.25) is 14.3 Å². The van der Waals surface area contributed by atoms with Crippen LogP contribution in [0.25, 0.3) is 11.3 Å². The number of likely N-dealkylation sites (N-methyl/N-ethyl adjacent to an activating group) is 1. The zero-order chi connectivity index (χ0) is 24.5. The van der Waals surface area contributed by atoms with E-state index < -0.39 is 5.82 Å². The predicted octanol–water partition coefficient (Wildman–Crippen LogP) is 2.27. The van der Waals surface area contributed by atoms with Crippen molar-refractivity contribution in [3.63, 3.8) is 0 Å². The average molecular weight is 478 g/mol. The lowest BCUT2D eigenvalue weighted by atomic mass is 10.0. The third kappa shape index (κ3) is 4.78. The molecule has 1 N–H and O–H groups in total. The van der Waals surface area contributed by atoms with E-state index in [-0.39, 0.29) is 17.2 Å². The van der Waals surface area contributed by atoms with Crippen LogP contribution in [0.3, 0.4) is 0 Å². The van der Waals surface area contributed by atoms with Gasteiger partial charge in [-0.2, -0.15) is 0 Å². The van der Waals surface area contributed by atoms with Gasteiger partial charge >= 0.3 is 0 Å². The fraction of sp³-hybridized carbons (Fsp3) is 0.423. The first-order chi connectivity index (χ1) is 16.9. The number of anilines is 2. The summed E-state index contributed by atoms with van der Waals surface area (Å²) in [4.78, 5) is 28.0. The lowest BCUT2D eigenvalue weighted by Crippen LogP contribution is -2.47. The summed E-state index contributed by atoms with van der Waals surface area (Å²) >= 11 is 0. The van der Waals surface area contributed by atoms with Gasteiger partial charge in [0.05, 0.1) is 11.9 Å². The molecule has 0 aliphatic carbocycles. The molecule has 0 saturated carbocycles. The third-order valence-corrected chi connectivity index (χ3v) is 7.17. The lowest BCUT2D eigenvalue weighted by Gasteiger charge is -2.35. The quantitative estimate of drug-likeness (QED) is 0.605. The van der Waals surface area contributed by atoms with Crippen molar-refractivity contribution in [3.8, 4) is 11.3 Å². The molecule has 0 spiro atoms. The van der Waals surface area contributed by atoms with Gasteiger partial charge in [-0.15, -0.1) is 0 Å². The first-order valence-electron chi connectivity index (χ1n) is 12.1. The molecular weight excluding hydrogens is 445 g/mol. The Kier molecular flexibility index (Phi) is 6.53. The highest BCUT2D eigenvalue weighted by molar-refractivity contribution is 5.60. The number of aromatic nitrogens is 3. The molecule has 0 radical (unpaired) electrons. The molecule has 5 rings (SSSR count). The van der Waals surface area contributed by atoms with Crippen LogP contribution in [0.2, 0.25) is 0 Å². The molecule has 1 aromatic carbocycles. The second-order valence-corrected chi connectivity index (χ2v) is 9.59. The van der Waals surface area contributed by atoms with E-state index in [1.54, 1.807) is 13.1 Å². The second kappa shape index (κ2) is 9.75. The molecule has 2 fully saturated rings. The summed E-state index contributed by atoms with van der Waals surface area (Å²) in [5, 5.41) is 3.59. The minimum Gasteiger partial charge on any atom is -0.370 e. The van der Waals surface area contributed by atoms with Crippen LogP contribution in [-0.4, -0.2) is 72.3 Å². The molecule has 8 nitrogen and oxygen atoms in total. The van der Waals surface area contributed by atoms with Crippen molar-refractivity contribution in [2.75, 3.05) is 56.6 Å². The van der Waals surface area contributed by atoms with E-state index in [9.17, 15) is 9.18 Å². The van der Waals surface area contributed by atoms with Crippen molar-refractivity contribution in [2.45, 2.75) is 18.5 Å². The Morgan fingerprint density at radius 1 is 1.09 bits per heavy atom. The number of pyridine rings is 1. The van der Waals surface area contributed by atoms with Crippen molar-refractivity contribution >= 4 is 11.6 Å². The van der Waals surface area contributed by atoms with Crippen LogP contribution in [0.5, 0.6) is 0 Å². The third-order valence-electron chi connectivity index (χ3n) is 7.17. The molecule has 2 aromatic heterocycles. The van der Waals surface area contributed by atoms with Gasteiger partial charge in [0.2, 0.25) is 5.95 Å². The Hall–Kier alpha value is -3.30. The molecule has 184 valence electrons. The minimum absolute atomic E-state index is 0.101. The highest BCUT2D eigenvalue weighted by Crippen LogP contribution is 2.27. The maximum Gasteiger partial charge on any atom is 0.255 e. The van der Waals surface area contributed by atoms with Crippen LogP contribution < -0.4 is 20.7 Å². The summed E-state index contributed by atoms with van der Waals surface area (Å²) in [5.41, 5.74) is 2.83. The number of halogens is 1. The smallest absolute Gasteiger partial charge is 0.255 e. The number of benzene rings is 1. The van der Waals surface area contributed by atoms with E-state index in [0.717, 1.165) is 25.8 Å². The molecule has 4 heterocycles. The maximum absolute atomic E-state index is 14.3. The van der Waals surface area contributed by atoms with E-state index in [2.05, 4.69) is 68.3 Å². The first-order valence-corrected chi connectivity index (χ1v) is 12.1. The fourth-order valence-corrected chi connectivity index (χ4v) is 5.00. The molecule has 35 heavy (non-hydrogen) atoms. The van der Waals surface area contributed by atoms with Crippen molar-refractivity contribution in [1.82, 2.24) is 24.8 Å². The largest absolute Gasteiger partial charge is 0.370 e. The molecule has 2 saturated heterocycles. The highest BCUT2D eigenvalue weighted by atomic mass is 19.1. The molecular formula is C26H32FN7O. The fourth-order valence-electron chi connectivity index (χ4n) is 5.00. The molecule has 3 aromatic rings. The molecule has 0 bridgehead atoms. The van der Waals surface area contributed by atoms with Gasteiger partial charge in [-0.25, -0.2) is 9.37 Å². The van der Waals surface area contributed by atoms with Crippen molar-refractivity contribution in [2.24, 2.45) is 7.05 Å². The Balaban J connectivity index is 1.35. The number of hydrogen-bond acceptors (Lipinski definition) is 7. The Morgan fingerprint density at radius 2 is 1.89 bits per heavy atom. The minimum atomic E-state index is -0.493. The first kappa shape index (κ1) is 23.4. The van der Waals surface area contributed by atoms with Gasteiger partial charge in [-0.1, -0.05) is 12.1 Å². The van der Waals surface area contributed by atoms with Gasteiger partial charge in [-0.05, 0) is 44.3 Å². The molecule has 0 amide bonds. The summed E-state index contributed by atoms with van der Waals surface area (Å²) < 4.78 is 15.9. The van der Waals surface area contributed by atoms with Crippen molar-refractivity contribution in [1.29, 1.82) is 0 Å². The van der Waals surface area contributed by atoms with Gasteiger partial charge in [0, 0.05) is 75.4 Å². The Bertz CT molecular complexity index is 1240. The normalized spacial score (nSPS) is 20.6. The van der Waals surface area contributed by atoms with Crippen LogP contribution in [0.1, 0.15) is 18.0 Å². The zero-order valence-corrected chi connectivity index (χ0v) is 20.5. The summed E-state index contributed by atoms with van der Waals surface area (Å²) in [6.45, 7) is 4.25. The van der Waals surface area contributed by atoms with Crippen molar-refractivity contribution < 1.29 is 4.39 Å². The van der Waals surface area contributed by atoms with Crippen LogP contribution in [0.15, 0.2) is 53.6 Å². The number of hydrogen-bond donors (Lipinski definition) is 1. The summed E-state index contributed by atoms with van der Waals surface area (Å²) in [6.07, 6.45) is 3.83. The molecule has 2 aliphatic heterocycles. The summed E-state index contributed by atoms with van der Waals surface area (Å²) in [5.74, 6) is 0.0472. The standard InChI is InChI=1S/C26H32FN7O/c1-31(2)20-9-12-33(16-20)19-6-4-18(5-7-19)24-17-34(13-11-29-24)26-30-23(14-25(35)32(26)3)21-8-10-28-15-22(21)27/h4-8,10,14-15,20,24,29H,9,11-13,16-17H2,1-3H3/t20-,24-/m1/s1. The van der Waals surface area contributed by atoms with E-state index in [1.807, 2.05) is 0 Å². The Labute approximate surface area is 205 Å². The molecule has 0 unspecified atom stereocenters. The second-order valence-electron chi connectivity index (χ2n) is 9.59. The predicted molar refractivity (Wildman–Crippen MR) is 136 cm³/mol. The average Bonchev–Trinajstić information content (AvgIpc) is 3.37. The van der Waals surface area contributed by atoms with Crippen LogP contribution in [-0.2, 0) is 7.05 Å². The Morgan fingerprint density at radius 3 is 2.60 bits per heavy atom. The zero-order valence-electron chi connectivity index (χ0n) is 20.5. The van der Waals surface area contributed by atoms with Crippen LogP contribution in [0, 0.1) is 5.82 Å². The summed E-state index contributed by atoms with van der Waals surface area (Å²) in [7, 11) is 6.00. The lowest BCUT2D eigenvalue weighted by molar-refractivity contribution is 0.315. The number of nitrogens with zero attached hydrogens (tertiary/aromatic N) is 6. The summed E-state index contributed by atoms with van der Waals surface area (Å²) in [6, 6.07) is 12.4. The number of nitrogens with one attached hydrogen (secondary N) is 1. The van der Waals surface area contributed by atoms with Gasteiger partial charge in [0.25, 0.3) is 5.56 Å². The monoisotopic (exact) mass is 477 g/mol. The number of rotatable bonds is 5.